The third kappa shape index (κ3) is 4.00. The van der Waals surface area contributed by atoms with E-state index in [0.29, 0.717) is 13.1 Å². The summed E-state index contributed by atoms with van der Waals surface area (Å²) in [5.74, 6) is -0.291. The van der Waals surface area contributed by atoms with Gasteiger partial charge in [-0.15, -0.1) is 0 Å². The molecule has 0 saturated carbocycles. The molecule has 4 heteroatoms. The summed E-state index contributed by atoms with van der Waals surface area (Å²) in [6.07, 6.45) is 0. The van der Waals surface area contributed by atoms with Crippen LogP contribution in [0.15, 0.2) is 24.3 Å². The van der Waals surface area contributed by atoms with Gasteiger partial charge < -0.3 is 11.5 Å². The summed E-state index contributed by atoms with van der Waals surface area (Å²) in [7, 11) is 0. The van der Waals surface area contributed by atoms with Gasteiger partial charge in [-0.05, 0) is 17.7 Å². The molecule has 1 aromatic rings. The summed E-state index contributed by atoms with van der Waals surface area (Å²) in [6, 6.07) is 8.08. The van der Waals surface area contributed by atoms with E-state index in [1.807, 2.05) is 36.1 Å². The molecule has 88 valence electrons. The molecule has 0 atom stereocenters. The van der Waals surface area contributed by atoms with Gasteiger partial charge in [0.05, 0.1) is 6.54 Å². The minimum Gasteiger partial charge on any atom is -0.369 e. The van der Waals surface area contributed by atoms with Gasteiger partial charge in [0.1, 0.15) is 0 Å². The van der Waals surface area contributed by atoms with Crippen LogP contribution in [0.4, 0.5) is 0 Å². The van der Waals surface area contributed by atoms with Crippen molar-refractivity contribution in [1.29, 1.82) is 0 Å². The Bertz CT molecular complexity index is 335. The Hall–Kier alpha value is -1.39. The van der Waals surface area contributed by atoms with E-state index >= 15 is 0 Å². The highest BCUT2D eigenvalue weighted by Crippen LogP contribution is 2.06. The third-order valence-electron chi connectivity index (χ3n) is 2.49. The Morgan fingerprint density at radius 1 is 1.25 bits per heavy atom. The first-order chi connectivity index (χ1) is 7.65. The number of amides is 1. The van der Waals surface area contributed by atoms with Gasteiger partial charge in [0.2, 0.25) is 5.91 Å². The molecule has 0 aliphatic carbocycles. The van der Waals surface area contributed by atoms with E-state index in [2.05, 4.69) is 0 Å². The summed E-state index contributed by atoms with van der Waals surface area (Å²) >= 11 is 0. The molecule has 0 aliphatic rings. The van der Waals surface area contributed by atoms with Crippen LogP contribution in [0.1, 0.15) is 18.1 Å². The van der Waals surface area contributed by atoms with Gasteiger partial charge in [-0.25, -0.2) is 0 Å². The van der Waals surface area contributed by atoms with E-state index in [9.17, 15) is 4.79 Å². The summed E-state index contributed by atoms with van der Waals surface area (Å²) in [5, 5.41) is 0. The maximum Gasteiger partial charge on any atom is 0.231 e. The van der Waals surface area contributed by atoms with E-state index in [0.717, 1.165) is 18.7 Å². The first kappa shape index (κ1) is 12.7. The molecule has 1 rings (SSSR count). The van der Waals surface area contributed by atoms with Crippen LogP contribution < -0.4 is 11.5 Å². The molecule has 0 fully saturated rings. The predicted molar refractivity (Wildman–Crippen MR) is 64.5 cm³/mol. The van der Waals surface area contributed by atoms with E-state index in [1.54, 1.807) is 0 Å². The highest BCUT2D eigenvalue weighted by Gasteiger charge is 2.06. The van der Waals surface area contributed by atoms with Gasteiger partial charge in [0, 0.05) is 13.1 Å². The molecule has 4 N–H and O–H groups in total. The Kier molecular flexibility index (Phi) is 4.95. The minimum absolute atomic E-state index is 0.291. The highest BCUT2D eigenvalue weighted by molar-refractivity contribution is 5.75. The first-order valence-electron chi connectivity index (χ1n) is 5.44. The zero-order chi connectivity index (χ0) is 12.0. The lowest BCUT2D eigenvalue weighted by Crippen LogP contribution is -2.33. The van der Waals surface area contributed by atoms with Crippen LogP contribution in [0.5, 0.6) is 0 Å². The average Bonchev–Trinajstić information content (AvgIpc) is 2.28. The number of primary amides is 1. The first-order valence-corrected chi connectivity index (χ1v) is 5.44. The van der Waals surface area contributed by atoms with Crippen molar-refractivity contribution in [3.05, 3.63) is 35.4 Å². The number of nitrogens with zero attached hydrogens (tertiary/aromatic N) is 1. The van der Waals surface area contributed by atoms with Crippen LogP contribution in [0, 0.1) is 0 Å². The monoisotopic (exact) mass is 221 g/mol. The van der Waals surface area contributed by atoms with Gasteiger partial charge in [-0.1, -0.05) is 31.2 Å². The Balaban J connectivity index is 2.59. The standard InChI is InChI=1S/C12H19N3O/c1-2-15(9-12(14)16)8-11-5-3-10(7-13)4-6-11/h3-6H,2,7-9,13H2,1H3,(H2,14,16). The number of hydrogen-bond donors (Lipinski definition) is 2. The van der Waals surface area contributed by atoms with Gasteiger partial charge >= 0.3 is 0 Å². The lowest BCUT2D eigenvalue weighted by molar-refractivity contribution is -0.119. The molecule has 0 spiro atoms. The number of likely N-dealkylation sites (N-methyl/N-ethyl adjacent to an activating group) is 1. The fourth-order valence-electron chi connectivity index (χ4n) is 1.54. The molecule has 0 saturated heterocycles. The molecule has 0 bridgehead atoms. The predicted octanol–water partition coefficient (Wildman–Crippen LogP) is 0.453. The molecule has 1 aromatic carbocycles. The number of rotatable bonds is 6. The zero-order valence-corrected chi connectivity index (χ0v) is 9.65. The maximum absolute atomic E-state index is 10.8. The van der Waals surface area contributed by atoms with Gasteiger partial charge in [0.15, 0.2) is 0 Å². The molecular formula is C12H19N3O. The van der Waals surface area contributed by atoms with Crippen molar-refractivity contribution in [2.75, 3.05) is 13.1 Å². The van der Waals surface area contributed by atoms with E-state index < -0.39 is 0 Å². The molecule has 0 heterocycles. The van der Waals surface area contributed by atoms with Crippen molar-refractivity contribution in [2.45, 2.75) is 20.0 Å². The zero-order valence-electron chi connectivity index (χ0n) is 9.65. The largest absolute Gasteiger partial charge is 0.369 e. The second-order valence-electron chi connectivity index (χ2n) is 3.79. The average molecular weight is 221 g/mol. The summed E-state index contributed by atoms with van der Waals surface area (Å²) in [4.78, 5) is 12.8. The summed E-state index contributed by atoms with van der Waals surface area (Å²) < 4.78 is 0. The van der Waals surface area contributed by atoms with E-state index in [-0.39, 0.29) is 5.91 Å². The fourth-order valence-corrected chi connectivity index (χ4v) is 1.54. The molecule has 1 amide bonds. The number of carbonyl (C=O) groups excluding carboxylic acids is 1. The maximum atomic E-state index is 10.8. The molecule has 0 unspecified atom stereocenters. The lowest BCUT2D eigenvalue weighted by atomic mass is 10.1. The third-order valence-corrected chi connectivity index (χ3v) is 2.49. The quantitative estimate of drug-likeness (QED) is 0.732. The molecule has 4 nitrogen and oxygen atoms in total. The van der Waals surface area contributed by atoms with Crippen LogP contribution in [0.25, 0.3) is 0 Å². The van der Waals surface area contributed by atoms with E-state index in [1.165, 1.54) is 5.56 Å². The minimum atomic E-state index is -0.291. The van der Waals surface area contributed by atoms with Crippen LogP contribution in [0.3, 0.4) is 0 Å². The second kappa shape index (κ2) is 6.25. The van der Waals surface area contributed by atoms with Crippen molar-refractivity contribution < 1.29 is 4.79 Å². The number of hydrogen-bond acceptors (Lipinski definition) is 3. The van der Waals surface area contributed by atoms with Gasteiger partial charge in [-0.3, -0.25) is 9.69 Å². The smallest absolute Gasteiger partial charge is 0.231 e. The summed E-state index contributed by atoms with van der Waals surface area (Å²) in [6.45, 7) is 4.41. The molecule has 0 radical (unpaired) electrons. The van der Waals surface area contributed by atoms with Crippen molar-refractivity contribution in [3.8, 4) is 0 Å². The normalized spacial score (nSPS) is 10.7. The fraction of sp³-hybridized carbons (Fsp3) is 0.417. The Morgan fingerprint density at radius 3 is 2.25 bits per heavy atom. The van der Waals surface area contributed by atoms with Crippen LogP contribution in [-0.2, 0) is 17.9 Å². The SMILES string of the molecule is CCN(CC(N)=O)Cc1ccc(CN)cc1. The number of benzene rings is 1. The van der Waals surface area contributed by atoms with Crippen molar-refractivity contribution in [1.82, 2.24) is 4.90 Å². The molecule has 0 aromatic heterocycles. The van der Waals surface area contributed by atoms with Crippen LogP contribution in [0.2, 0.25) is 0 Å². The molecule has 16 heavy (non-hydrogen) atoms. The van der Waals surface area contributed by atoms with Gasteiger partial charge in [0.25, 0.3) is 0 Å². The van der Waals surface area contributed by atoms with Crippen LogP contribution in [-0.4, -0.2) is 23.9 Å². The molecular weight excluding hydrogens is 202 g/mol. The number of carbonyl (C=O) groups is 1. The van der Waals surface area contributed by atoms with Crippen molar-refractivity contribution in [2.24, 2.45) is 11.5 Å². The van der Waals surface area contributed by atoms with Gasteiger partial charge in [-0.2, -0.15) is 0 Å². The van der Waals surface area contributed by atoms with Crippen molar-refractivity contribution >= 4 is 5.91 Å². The Labute approximate surface area is 96.2 Å². The van der Waals surface area contributed by atoms with Crippen LogP contribution >= 0.6 is 0 Å². The Morgan fingerprint density at radius 2 is 1.81 bits per heavy atom. The summed E-state index contributed by atoms with van der Waals surface area (Å²) in [5.41, 5.74) is 13.0. The van der Waals surface area contributed by atoms with Crippen molar-refractivity contribution in [3.63, 3.8) is 0 Å². The highest BCUT2D eigenvalue weighted by atomic mass is 16.1. The second-order valence-corrected chi connectivity index (χ2v) is 3.79. The molecule has 0 aliphatic heterocycles. The van der Waals surface area contributed by atoms with E-state index in [4.69, 9.17) is 11.5 Å². The topological polar surface area (TPSA) is 72.3 Å². The lowest BCUT2D eigenvalue weighted by Gasteiger charge is -2.18. The number of nitrogens with two attached hydrogens (primary N) is 2.